The Labute approximate surface area is 141 Å². The van der Waals surface area contributed by atoms with Crippen LogP contribution in [0.1, 0.15) is 5.56 Å². The van der Waals surface area contributed by atoms with Gasteiger partial charge in [0.05, 0.1) is 16.7 Å². The molecule has 0 radical (unpaired) electrons. The number of carbonyl (C=O) groups is 2. The number of nitro benzene ring substituents is 1. The third kappa shape index (κ3) is 4.62. The Kier molecular flexibility index (Phi) is 5.58. The van der Waals surface area contributed by atoms with E-state index in [0.29, 0.717) is 10.7 Å². The third-order valence-electron chi connectivity index (χ3n) is 2.79. The van der Waals surface area contributed by atoms with Crippen LogP contribution in [-0.2, 0) is 9.59 Å². The number of para-hydroxylation sites is 1. The van der Waals surface area contributed by atoms with Crippen LogP contribution in [-0.4, -0.2) is 23.0 Å². The minimum atomic E-state index is -1.02. The van der Waals surface area contributed by atoms with E-state index >= 15 is 0 Å². The maximum atomic E-state index is 11.7. The van der Waals surface area contributed by atoms with Crippen molar-refractivity contribution in [3.8, 4) is 0 Å². The number of nitrogens with one attached hydrogen (secondary N) is 2. The van der Waals surface area contributed by atoms with Crippen LogP contribution in [0.15, 0.2) is 53.6 Å². The Morgan fingerprint density at radius 2 is 1.88 bits per heavy atom. The van der Waals surface area contributed by atoms with E-state index in [2.05, 4.69) is 10.4 Å². The summed E-state index contributed by atoms with van der Waals surface area (Å²) in [4.78, 5) is 33.6. The highest BCUT2D eigenvalue weighted by atomic mass is 35.5. The average molecular weight is 347 g/mol. The first-order valence-corrected chi connectivity index (χ1v) is 6.98. The first-order valence-electron chi connectivity index (χ1n) is 6.61. The zero-order valence-electron chi connectivity index (χ0n) is 12.1. The number of carbonyl (C=O) groups excluding carboxylic acids is 2. The van der Waals surface area contributed by atoms with Crippen LogP contribution in [0, 0.1) is 10.1 Å². The summed E-state index contributed by atoms with van der Waals surface area (Å²) in [5.41, 5.74) is 2.37. The Hall–Kier alpha value is -3.26. The van der Waals surface area contributed by atoms with Gasteiger partial charge in [0.1, 0.15) is 0 Å². The number of hydrazone groups is 1. The van der Waals surface area contributed by atoms with Crippen molar-refractivity contribution in [2.45, 2.75) is 0 Å². The second-order valence-corrected chi connectivity index (χ2v) is 4.92. The highest BCUT2D eigenvalue weighted by Gasteiger charge is 2.14. The molecule has 0 unspecified atom stereocenters. The van der Waals surface area contributed by atoms with Gasteiger partial charge in [-0.05, 0) is 24.3 Å². The van der Waals surface area contributed by atoms with Gasteiger partial charge in [-0.1, -0.05) is 29.8 Å². The molecule has 0 aliphatic rings. The van der Waals surface area contributed by atoms with Crippen molar-refractivity contribution in [1.29, 1.82) is 0 Å². The monoisotopic (exact) mass is 346 g/mol. The fourth-order valence-electron chi connectivity index (χ4n) is 1.73. The molecule has 0 aliphatic heterocycles. The topological polar surface area (TPSA) is 114 Å². The molecule has 24 heavy (non-hydrogen) atoms. The van der Waals surface area contributed by atoms with E-state index in [0.717, 1.165) is 6.21 Å². The quantitative estimate of drug-likeness (QED) is 0.382. The highest BCUT2D eigenvalue weighted by Crippen LogP contribution is 2.15. The first-order chi connectivity index (χ1) is 11.5. The van der Waals surface area contributed by atoms with Crippen LogP contribution in [0.2, 0.25) is 5.02 Å². The molecule has 0 bridgehead atoms. The number of nitro groups is 1. The van der Waals surface area contributed by atoms with E-state index in [9.17, 15) is 19.7 Å². The second kappa shape index (κ2) is 7.84. The van der Waals surface area contributed by atoms with Crippen molar-refractivity contribution in [3.63, 3.8) is 0 Å². The van der Waals surface area contributed by atoms with E-state index < -0.39 is 16.7 Å². The molecule has 0 aromatic heterocycles. The minimum absolute atomic E-state index is 0.168. The number of hydrogen-bond donors (Lipinski definition) is 2. The molecule has 2 aromatic carbocycles. The van der Waals surface area contributed by atoms with Gasteiger partial charge in [-0.2, -0.15) is 5.10 Å². The van der Waals surface area contributed by atoms with Crippen molar-refractivity contribution in [3.05, 3.63) is 69.2 Å². The van der Waals surface area contributed by atoms with Gasteiger partial charge in [0.25, 0.3) is 5.69 Å². The lowest BCUT2D eigenvalue weighted by Gasteiger charge is -2.04. The lowest BCUT2D eigenvalue weighted by atomic mass is 10.2. The molecule has 0 spiro atoms. The first kappa shape index (κ1) is 17.1. The lowest BCUT2D eigenvalue weighted by molar-refractivity contribution is -0.385. The maximum Gasteiger partial charge on any atom is 0.329 e. The number of rotatable bonds is 4. The SMILES string of the molecule is O=C(N/N=C\c1ccccc1[N+](=O)[O-])C(=O)Nc1cccc(Cl)c1. The molecular weight excluding hydrogens is 336 g/mol. The molecule has 0 heterocycles. The largest absolute Gasteiger partial charge is 0.329 e. The van der Waals surface area contributed by atoms with Crippen LogP contribution in [0.4, 0.5) is 11.4 Å². The van der Waals surface area contributed by atoms with Crippen molar-refractivity contribution in [1.82, 2.24) is 5.43 Å². The van der Waals surface area contributed by atoms with Gasteiger partial charge >= 0.3 is 11.8 Å². The Morgan fingerprint density at radius 3 is 2.58 bits per heavy atom. The van der Waals surface area contributed by atoms with E-state index in [4.69, 9.17) is 11.6 Å². The summed E-state index contributed by atoms with van der Waals surface area (Å²) < 4.78 is 0. The molecule has 0 fully saturated rings. The highest BCUT2D eigenvalue weighted by molar-refractivity contribution is 6.39. The Balaban J connectivity index is 1.98. The summed E-state index contributed by atoms with van der Waals surface area (Å²) >= 11 is 5.77. The van der Waals surface area contributed by atoms with Gasteiger partial charge in [0.2, 0.25) is 0 Å². The average Bonchev–Trinajstić information content (AvgIpc) is 2.55. The summed E-state index contributed by atoms with van der Waals surface area (Å²) in [5.74, 6) is -1.97. The smallest absolute Gasteiger partial charge is 0.318 e. The molecule has 0 saturated heterocycles. The minimum Gasteiger partial charge on any atom is -0.318 e. The zero-order valence-corrected chi connectivity index (χ0v) is 12.9. The standard InChI is InChI=1S/C15H11ClN4O4/c16-11-5-3-6-12(8-11)18-14(21)15(22)19-17-9-10-4-1-2-7-13(10)20(23)24/h1-9H,(H,18,21)(H,19,22)/b17-9-. The normalized spacial score (nSPS) is 10.4. The summed E-state index contributed by atoms with van der Waals surface area (Å²) in [6, 6.07) is 12.1. The fourth-order valence-corrected chi connectivity index (χ4v) is 1.92. The number of halogens is 1. The molecule has 0 atom stereocenters. The molecule has 0 saturated carbocycles. The number of hydrogen-bond acceptors (Lipinski definition) is 5. The Morgan fingerprint density at radius 1 is 1.12 bits per heavy atom. The van der Waals surface area contributed by atoms with Gasteiger partial charge in [0.15, 0.2) is 0 Å². The van der Waals surface area contributed by atoms with Crippen LogP contribution in [0.25, 0.3) is 0 Å². The van der Waals surface area contributed by atoms with E-state index in [1.54, 1.807) is 24.3 Å². The van der Waals surface area contributed by atoms with Crippen LogP contribution < -0.4 is 10.7 Å². The number of amides is 2. The summed E-state index contributed by atoms with van der Waals surface area (Å²) in [6.45, 7) is 0. The van der Waals surface area contributed by atoms with Crippen molar-refractivity contribution >= 4 is 41.0 Å². The van der Waals surface area contributed by atoms with E-state index in [-0.39, 0.29) is 11.3 Å². The molecule has 122 valence electrons. The van der Waals surface area contributed by atoms with Crippen molar-refractivity contribution in [2.24, 2.45) is 5.10 Å². The lowest BCUT2D eigenvalue weighted by Crippen LogP contribution is -2.32. The molecule has 2 rings (SSSR count). The van der Waals surface area contributed by atoms with Crippen LogP contribution >= 0.6 is 11.6 Å². The molecule has 2 N–H and O–H groups in total. The summed E-state index contributed by atoms with van der Waals surface area (Å²) in [6.07, 6.45) is 1.09. The molecule has 9 heteroatoms. The van der Waals surface area contributed by atoms with E-state index in [1.807, 2.05) is 5.43 Å². The molecule has 0 aliphatic carbocycles. The Bertz CT molecular complexity index is 823. The van der Waals surface area contributed by atoms with Crippen LogP contribution in [0.3, 0.4) is 0 Å². The summed E-state index contributed by atoms with van der Waals surface area (Å²) in [7, 11) is 0. The van der Waals surface area contributed by atoms with Gasteiger partial charge in [0, 0.05) is 16.8 Å². The predicted molar refractivity (Wildman–Crippen MR) is 88.9 cm³/mol. The van der Waals surface area contributed by atoms with Gasteiger partial charge < -0.3 is 5.32 Å². The second-order valence-electron chi connectivity index (χ2n) is 4.48. The third-order valence-corrected chi connectivity index (χ3v) is 3.03. The van der Waals surface area contributed by atoms with Crippen LogP contribution in [0.5, 0.6) is 0 Å². The molecule has 8 nitrogen and oxygen atoms in total. The molecule has 2 amide bonds. The maximum absolute atomic E-state index is 11.7. The van der Waals surface area contributed by atoms with Gasteiger partial charge in [-0.3, -0.25) is 19.7 Å². The zero-order chi connectivity index (χ0) is 17.5. The van der Waals surface area contributed by atoms with Gasteiger partial charge in [-0.25, -0.2) is 5.43 Å². The van der Waals surface area contributed by atoms with Crippen molar-refractivity contribution < 1.29 is 14.5 Å². The number of anilines is 1. The fraction of sp³-hybridized carbons (Fsp3) is 0. The van der Waals surface area contributed by atoms with Crippen molar-refractivity contribution in [2.75, 3.05) is 5.32 Å². The van der Waals surface area contributed by atoms with E-state index in [1.165, 1.54) is 24.3 Å². The van der Waals surface area contributed by atoms with Gasteiger partial charge in [-0.15, -0.1) is 0 Å². The summed E-state index contributed by atoms with van der Waals surface area (Å²) in [5, 5.41) is 17.1. The molecule has 2 aromatic rings. The molecular formula is C15H11ClN4O4. The predicted octanol–water partition coefficient (Wildman–Crippen LogP) is 2.34. The number of benzene rings is 2. The number of nitrogens with zero attached hydrogens (tertiary/aromatic N) is 2.